The number of nitrogens with two attached hydrogens (primary N) is 1. The Morgan fingerprint density at radius 2 is 2.00 bits per heavy atom. The third kappa shape index (κ3) is 3.79. The van der Waals surface area contributed by atoms with Crippen LogP contribution in [0.1, 0.15) is 11.1 Å². The Balaban J connectivity index is 2.08. The van der Waals surface area contributed by atoms with Crippen molar-refractivity contribution >= 4 is 17.4 Å². The summed E-state index contributed by atoms with van der Waals surface area (Å²) < 4.78 is 13.5. The first-order chi connectivity index (χ1) is 10.1. The summed E-state index contributed by atoms with van der Waals surface area (Å²) in [7, 11) is 0. The Labute approximate surface area is 120 Å². The highest BCUT2D eigenvalue weighted by Crippen LogP contribution is 2.12. The highest BCUT2D eigenvalue weighted by Gasteiger charge is 2.08. The Morgan fingerprint density at radius 3 is 2.71 bits per heavy atom. The molecule has 0 bridgehead atoms. The maximum absolute atomic E-state index is 13.5. The predicted molar refractivity (Wildman–Crippen MR) is 77.7 cm³/mol. The molecule has 21 heavy (non-hydrogen) atoms. The van der Waals surface area contributed by atoms with Gasteiger partial charge in [0, 0.05) is 11.3 Å². The molecule has 0 fully saturated rings. The second kappa shape index (κ2) is 6.51. The zero-order valence-corrected chi connectivity index (χ0v) is 11.1. The van der Waals surface area contributed by atoms with Crippen LogP contribution in [0.15, 0.2) is 53.7 Å². The number of hydrogen-bond acceptors (Lipinski definition) is 3. The lowest BCUT2D eigenvalue weighted by Crippen LogP contribution is -2.17. The lowest BCUT2D eigenvalue weighted by Gasteiger charge is -2.07. The molecule has 0 spiro atoms. The van der Waals surface area contributed by atoms with Crippen LogP contribution in [0.2, 0.25) is 0 Å². The maximum atomic E-state index is 13.5. The van der Waals surface area contributed by atoms with Gasteiger partial charge in [-0.2, -0.15) is 0 Å². The van der Waals surface area contributed by atoms with Crippen molar-refractivity contribution in [3.8, 4) is 0 Å². The highest BCUT2D eigenvalue weighted by molar-refractivity contribution is 5.99. The van der Waals surface area contributed by atoms with Crippen LogP contribution in [-0.2, 0) is 11.2 Å². The van der Waals surface area contributed by atoms with Gasteiger partial charge in [-0.15, -0.1) is 0 Å². The zero-order valence-electron chi connectivity index (χ0n) is 11.1. The average molecular weight is 287 g/mol. The van der Waals surface area contributed by atoms with Crippen molar-refractivity contribution in [1.29, 1.82) is 0 Å². The van der Waals surface area contributed by atoms with Crippen molar-refractivity contribution in [2.75, 3.05) is 5.32 Å². The molecule has 108 valence electrons. The molecule has 0 saturated carbocycles. The van der Waals surface area contributed by atoms with E-state index in [4.69, 9.17) is 10.9 Å². The van der Waals surface area contributed by atoms with Crippen molar-refractivity contribution < 1.29 is 14.4 Å². The lowest BCUT2D eigenvalue weighted by atomic mass is 10.1. The van der Waals surface area contributed by atoms with E-state index in [2.05, 4.69) is 10.5 Å². The standard InChI is InChI=1S/C15H14FN3O2/c16-13-7-2-1-4-10(13)9-14(20)18-12-6-3-5-11(8-12)15(17)19-21/h1-8,21H,9H2,(H2,17,19)(H,18,20). The quantitative estimate of drug-likeness (QED) is 0.348. The van der Waals surface area contributed by atoms with Crippen LogP contribution in [0.25, 0.3) is 0 Å². The zero-order chi connectivity index (χ0) is 15.2. The number of halogens is 1. The van der Waals surface area contributed by atoms with Crippen molar-refractivity contribution in [2.45, 2.75) is 6.42 Å². The van der Waals surface area contributed by atoms with Crippen LogP contribution >= 0.6 is 0 Å². The Bertz CT molecular complexity index is 686. The summed E-state index contributed by atoms with van der Waals surface area (Å²) in [6.07, 6.45) is -0.0690. The monoisotopic (exact) mass is 287 g/mol. The van der Waals surface area contributed by atoms with E-state index in [1.54, 1.807) is 42.5 Å². The maximum Gasteiger partial charge on any atom is 0.228 e. The summed E-state index contributed by atoms with van der Waals surface area (Å²) >= 11 is 0. The molecule has 2 aromatic carbocycles. The van der Waals surface area contributed by atoms with E-state index in [-0.39, 0.29) is 18.2 Å². The van der Waals surface area contributed by atoms with Crippen LogP contribution in [0.4, 0.5) is 10.1 Å². The minimum absolute atomic E-state index is 0.0554. The van der Waals surface area contributed by atoms with Gasteiger partial charge < -0.3 is 16.3 Å². The summed E-state index contributed by atoms with van der Waals surface area (Å²) in [6, 6.07) is 12.6. The van der Waals surface area contributed by atoms with Gasteiger partial charge in [0.2, 0.25) is 5.91 Å². The van der Waals surface area contributed by atoms with Crippen LogP contribution in [0.5, 0.6) is 0 Å². The molecule has 5 nitrogen and oxygen atoms in total. The first-order valence-electron chi connectivity index (χ1n) is 6.21. The van der Waals surface area contributed by atoms with E-state index in [0.29, 0.717) is 16.8 Å². The number of rotatable bonds is 4. The van der Waals surface area contributed by atoms with Crippen LogP contribution < -0.4 is 11.1 Å². The molecule has 6 heteroatoms. The fourth-order valence-corrected chi connectivity index (χ4v) is 1.83. The van der Waals surface area contributed by atoms with Gasteiger partial charge in [0.25, 0.3) is 0 Å². The van der Waals surface area contributed by atoms with E-state index in [0.717, 1.165) is 0 Å². The molecule has 2 aromatic rings. The second-order valence-corrected chi connectivity index (χ2v) is 4.38. The Hall–Kier alpha value is -2.89. The SMILES string of the molecule is N/C(=N/O)c1cccc(NC(=O)Cc2ccccc2F)c1. The van der Waals surface area contributed by atoms with Gasteiger partial charge in [-0.1, -0.05) is 35.5 Å². The fraction of sp³-hybridized carbons (Fsp3) is 0.0667. The molecule has 0 aliphatic heterocycles. The molecule has 1 amide bonds. The third-order valence-corrected chi connectivity index (χ3v) is 2.86. The molecule has 4 N–H and O–H groups in total. The lowest BCUT2D eigenvalue weighted by molar-refractivity contribution is -0.115. The number of amides is 1. The first-order valence-corrected chi connectivity index (χ1v) is 6.21. The van der Waals surface area contributed by atoms with Gasteiger partial charge in [-0.3, -0.25) is 4.79 Å². The van der Waals surface area contributed by atoms with Crippen molar-refractivity contribution in [3.05, 3.63) is 65.5 Å². The number of nitrogens with zero attached hydrogens (tertiary/aromatic N) is 1. The van der Waals surface area contributed by atoms with Crippen LogP contribution in [0.3, 0.4) is 0 Å². The topological polar surface area (TPSA) is 87.7 Å². The largest absolute Gasteiger partial charge is 0.409 e. The fourth-order valence-electron chi connectivity index (χ4n) is 1.83. The summed E-state index contributed by atoms with van der Waals surface area (Å²) in [6.45, 7) is 0. The van der Waals surface area contributed by atoms with Gasteiger partial charge in [-0.05, 0) is 23.8 Å². The Morgan fingerprint density at radius 1 is 1.24 bits per heavy atom. The normalized spacial score (nSPS) is 11.2. The number of carbonyl (C=O) groups is 1. The molecular formula is C15H14FN3O2. The molecule has 0 unspecified atom stereocenters. The number of anilines is 1. The minimum Gasteiger partial charge on any atom is -0.409 e. The van der Waals surface area contributed by atoms with Gasteiger partial charge in [0.15, 0.2) is 5.84 Å². The van der Waals surface area contributed by atoms with Gasteiger partial charge >= 0.3 is 0 Å². The summed E-state index contributed by atoms with van der Waals surface area (Å²) in [5, 5.41) is 14.1. The van der Waals surface area contributed by atoms with Gasteiger partial charge in [0.1, 0.15) is 5.82 Å². The van der Waals surface area contributed by atoms with E-state index >= 15 is 0 Å². The molecule has 0 aromatic heterocycles. The minimum atomic E-state index is -0.418. The molecule has 0 atom stereocenters. The Kier molecular flexibility index (Phi) is 4.50. The smallest absolute Gasteiger partial charge is 0.228 e. The number of oxime groups is 1. The van der Waals surface area contributed by atoms with Crippen LogP contribution in [-0.4, -0.2) is 17.0 Å². The predicted octanol–water partition coefficient (Wildman–Crippen LogP) is 2.10. The van der Waals surface area contributed by atoms with E-state index in [9.17, 15) is 9.18 Å². The van der Waals surface area contributed by atoms with E-state index in [1.165, 1.54) is 6.07 Å². The average Bonchev–Trinajstić information content (AvgIpc) is 2.49. The number of amidine groups is 1. The van der Waals surface area contributed by atoms with Crippen molar-refractivity contribution in [1.82, 2.24) is 0 Å². The van der Waals surface area contributed by atoms with Crippen molar-refractivity contribution in [3.63, 3.8) is 0 Å². The summed E-state index contributed by atoms with van der Waals surface area (Å²) in [5.74, 6) is -0.824. The molecular weight excluding hydrogens is 273 g/mol. The number of carbonyl (C=O) groups excluding carboxylic acids is 1. The number of nitrogens with one attached hydrogen (secondary N) is 1. The van der Waals surface area contributed by atoms with Crippen LogP contribution in [0, 0.1) is 5.82 Å². The molecule has 2 rings (SSSR count). The van der Waals surface area contributed by atoms with Crippen molar-refractivity contribution in [2.24, 2.45) is 10.9 Å². The van der Waals surface area contributed by atoms with Gasteiger partial charge in [-0.25, -0.2) is 4.39 Å². The third-order valence-electron chi connectivity index (χ3n) is 2.86. The summed E-state index contributed by atoms with van der Waals surface area (Å²) in [5.41, 5.74) is 6.76. The molecule has 0 radical (unpaired) electrons. The number of benzene rings is 2. The van der Waals surface area contributed by atoms with Gasteiger partial charge in [0.05, 0.1) is 6.42 Å². The number of hydrogen-bond donors (Lipinski definition) is 3. The molecule has 0 saturated heterocycles. The summed E-state index contributed by atoms with van der Waals surface area (Å²) in [4.78, 5) is 11.9. The highest BCUT2D eigenvalue weighted by atomic mass is 19.1. The molecule has 0 aliphatic rings. The molecule has 0 heterocycles. The van der Waals surface area contributed by atoms with E-state index in [1.807, 2.05) is 0 Å². The van der Waals surface area contributed by atoms with E-state index < -0.39 is 5.82 Å². The first kappa shape index (κ1) is 14.5. The molecule has 0 aliphatic carbocycles. The second-order valence-electron chi connectivity index (χ2n) is 4.38.